The van der Waals surface area contributed by atoms with Gasteiger partial charge in [0.1, 0.15) is 5.03 Å². The van der Waals surface area contributed by atoms with Gasteiger partial charge in [-0.15, -0.1) is 11.8 Å². The van der Waals surface area contributed by atoms with Crippen LogP contribution < -0.4 is 0 Å². The largest absolute Gasteiger partial charge is 0.237 e. The third-order valence-corrected chi connectivity index (χ3v) is 3.49. The maximum Gasteiger partial charge on any atom is 0.161 e. The lowest BCUT2D eigenvalue weighted by atomic mass is 10.3. The predicted molar refractivity (Wildman–Crippen MR) is 65.6 cm³/mol. The summed E-state index contributed by atoms with van der Waals surface area (Å²) in [5.74, 6) is 1.02. The van der Waals surface area contributed by atoms with Crippen molar-refractivity contribution in [3.63, 3.8) is 0 Å². The van der Waals surface area contributed by atoms with E-state index in [1.807, 2.05) is 24.3 Å². The van der Waals surface area contributed by atoms with Crippen LogP contribution in [0.15, 0.2) is 29.3 Å². The average molecular weight is 239 g/mol. The molecule has 0 unspecified atom stereocenters. The molecule has 4 heteroatoms. The van der Waals surface area contributed by atoms with E-state index in [9.17, 15) is 0 Å². The average Bonchev–Trinajstić information content (AvgIpc) is 2.26. The summed E-state index contributed by atoms with van der Waals surface area (Å²) in [6, 6.07) is 7.77. The molecule has 15 heavy (non-hydrogen) atoms. The van der Waals surface area contributed by atoms with Crippen molar-refractivity contribution in [2.75, 3.05) is 5.75 Å². The number of benzene rings is 1. The van der Waals surface area contributed by atoms with E-state index in [1.165, 1.54) is 0 Å². The van der Waals surface area contributed by atoms with Crippen molar-refractivity contribution in [2.45, 2.75) is 18.4 Å². The lowest BCUT2D eigenvalue weighted by Gasteiger charge is -2.03. The van der Waals surface area contributed by atoms with Crippen LogP contribution in [0.3, 0.4) is 0 Å². The van der Waals surface area contributed by atoms with E-state index in [0.717, 1.165) is 28.2 Å². The van der Waals surface area contributed by atoms with Crippen LogP contribution >= 0.6 is 23.4 Å². The second-order valence-electron chi connectivity index (χ2n) is 3.16. The van der Waals surface area contributed by atoms with Gasteiger partial charge in [0.05, 0.1) is 11.0 Å². The fourth-order valence-electron chi connectivity index (χ4n) is 1.25. The summed E-state index contributed by atoms with van der Waals surface area (Å²) in [6.45, 7) is 2.13. The van der Waals surface area contributed by atoms with Crippen molar-refractivity contribution in [3.05, 3.63) is 29.4 Å². The van der Waals surface area contributed by atoms with E-state index < -0.39 is 0 Å². The lowest BCUT2D eigenvalue weighted by Crippen LogP contribution is -1.89. The molecule has 0 bridgehead atoms. The minimum atomic E-state index is 0.507. The van der Waals surface area contributed by atoms with Gasteiger partial charge in [0.25, 0.3) is 0 Å². The van der Waals surface area contributed by atoms with Gasteiger partial charge in [0, 0.05) is 0 Å². The monoisotopic (exact) mass is 238 g/mol. The number of hydrogen-bond acceptors (Lipinski definition) is 3. The molecule has 1 aromatic carbocycles. The summed E-state index contributed by atoms with van der Waals surface area (Å²) in [5.41, 5.74) is 1.75. The second kappa shape index (κ2) is 4.81. The smallest absolute Gasteiger partial charge is 0.161 e. The van der Waals surface area contributed by atoms with Crippen molar-refractivity contribution in [2.24, 2.45) is 0 Å². The summed E-state index contributed by atoms with van der Waals surface area (Å²) in [4.78, 5) is 8.79. The van der Waals surface area contributed by atoms with Crippen molar-refractivity contribution >= 4 is 34.4 Å². The molecule has 0 amide bonds. The van der Waals surface area contributed by atoms with E-state index in [1.54, 1.807) is 11.8 Å². The van der Waals surface area contributed by atoms with Crippen LogP contribution in [-0.2, 0) is 0 Å². The molecule has 2 nitrogen and oxygen atoms in total. The first-order chi connectivity index (χ1) is 7.31. The van der Waals surface area contributed by atoms with E-state index in [2.05, 4.69) is 16.9 Å². The Kier molecular flexibility index (Phi) is 3.44. The zero-order chi connectivity index (χ0) is 10.7. The fourth-order valence-corrected chi connectivity index (χ4v) is 2.28. The number of rotatable bonds is 3. The van der Waals surface area contributed by atoms with Gasteiger partial charge in [-0.05, 0) is 24.3 Å². The fraction of sp³-hybridized carbons (Fsp3) is 0.273. The highest BCUT2D eigenvalue weighted by atomic mass is 35.5. The standard InChI is InChI=1S/C11H11ClN2S/c1-2-7-15-11-10(12)13-8-5-3-4-6-9(8)14-11/h3-6H,2,7H2,1H3. The Bertz CT molecular complexity index is 473. The van der Waals surface area contributed by atoms with Crippen LogP contribution in [0.2, 0.25) is 5.15 Å². The van der Waals surface area contributed by atoms with Crippen molar-refractivity contribution in [3.8, 4) is 0 Å². The SMILES string of the molecule is CCCSc1nc2ccccc2nc1Cl. The third-order valence-electron chi connectivity index (χ3n) is 1.94. The van der Waals surface area contributed by atoms with E-state index in [-0.39, 0.29) is 0 Å². The van der Waals surface area contributed by atoms with Gasteiger partial charge in [0.15, 0.2) is 5.15 Å². The lowest BCUT2D eigenvalue weighted by molar-refractivity contribution is 1.08. The topological polar surface area (TPSA) is 25.8 Å². The number of nitrogens with zero attached hydrogens (tertiary/aromatic N) is 2. The summed E-state index contributed by atoms with van der Waals surface area (Å²) >= 11 is 7.70. The Balaban J connectivity index is 2.43. The molecule has 0 spiro atoms. The highest BCUT2D eigenvalue weighted by Gasteiger charge is 2.06. The molecule has 1 aromatic heterocycles. The zero-order valence-corrected chi connectivity index (χ0v) is 9.98. The Labute approximate surface area is 98.1 Å². The molecule has 0 saturated heterocycles. The van der Waals surface area contributed by atoms with Crippen LogP contribution in [0.1, 0.15) is 13.3 Å². The first-order valence-corrected chi connectivity index (χ1v) is 6.22. The van der Waals surface area contributed by atoms with Crippen molar-refractivity contribution < 1.29 is 0 Å². The number of fused-ring (bicyclic) bond motifs is 1. The van der Waals surface area contributed by atoms with Gasteiger partial charge >= 0.3 is 0 Å². The highest BCUT2D eigenvalue weighted by Crippen LogP contribution is 2.26. The molecule has 0 saturated carbocycles. The van der Waals surface area contributed by atoms with Gasteiger partial charge < -0.3 is 0 Å². The van der Waals surface area contributed by atoms with Crippen LogP contribution in [0.25, 0.3) is 11.0 Å². The van der Waals surface area contributed by atoms with Gasteiger partial charge in [0.2, 0.25) is 0 Å². The summed E-state index contributed by atoms with van der Waals surface area (Å²) in [5, 5.41) is 1.34. The van der Waals surface area contributed by atoms with Crippen LogP contribution in [-0.4, -0.2) is 15.7 Å². The number of aromatic nitrogens is 2. The molecular weight excluding hydrogens is 228 g/mol. The molecule has 0 radical (unpaired) electrons. The molecule has 2 rings (SSSR count). The highest BCUT2D eigenvalue weighted by molar-refractivity contribution is 7.99. The molecule has 0 aliphatic heterocycles. The van der Waals surface area contributed by atoms with Crippen molar-refractivity contribution in [1.82, 2.24) is 9.97 Å². The van der Waals surface area contributed by atoms with E-state index in [4.69, 9.17) is 11.6 Å². The Morgan fingerprint density at radius 1 is 1.20 bits per heavy atom. The minimum Gasteiger partial charge on any atom is -0.237 e. The summed E-state index contributed by atoms with van der Waals surface area (Å²) in [7, 11) is 0. The maximum absolute atomic E-state index is 6.04. The Morgan fingerprint density at radius 3 is 2.53 bits per heavy atom. The Morgan fingerprint density at radius 2 is 1.87 bits per heavy atom. The number of para-hydroxylation sites is 2. The maximum atomic E-state index is 6.04. The first-order valence-electron chi connectivity index (χ1n) is 4.86. The van der Waals surface area contributed by atoms with E-state index >= 15 is 0 Å². The van der Waals surface area contributed by atoms with Crippen molar-refractivity contribution in [1.29, 1.82) is 0 Å². The third kappa shape index (κ3) is 2.41. The molecule has 78 valence electrons. The van der Waals surface area contributed by atoms with Gasteiger partial charge in [-0.3, -0.25) is 0 Å². The predicted octanol–water partition coefficient (Wildman–Crippen LogP) is 3.79. The molecular formula is C11H11ClN2S. The van der Waals surface area contributed by atoms with Crippen LogP contribution in [0, 0.1) is 0 Å². The Hall–Kier alpha value is -0.800. The summed E-state index contributed by atoms with van der Waals surface area (Å²) < 4.78 is 0. The molecule has 2 aromatic rings. The normalized spacial score (nSPS) is 10.8. The number of hydrogen-bond donors (Lipinski definition) is 0. The second-order valence-corrected chi connectivity index (χ2v) is 4.60. The molecule has 0 N–H and O–H groups in total. The molecule has 0 atom stereocenters. The molecule has 0 fully saturated rings. The first kappa shape index (κ1) is 10.7. The molecule has 1 heterocycles. The number of thioether (sulfide) groups is 1. The van der Waals surface area contributed by atoms with E-state index in [0.29, 0.717) is 5.15 Å². The minimum absolute atomic E-state index is 0.507. The van der Waals surface area contributed by atoms with Gasteiger partial charge in [-0.1, -0.05) is 30.7 Å². The molecule has 0 aliphatic carbocycles. The zero-order valence-electron chi connectivity index (χ0n) is 8.40. The van der Waals surface area contributed by atoms with Gasteiger partial charge in [-0.2, -0.15) is 0 Å². The van der Waals surface area contributed by atoms with Crippen LogP contribution in [0.4, 0.5) is 0 Å². The molecule has 0 aliphatic rings. The van der Waals surface area contributed by atoms with Gasteiger partial charge in [-0.25, -0.2) is 9.97 Å². The van der Waals surface area contributed by atoms with Crippen LogP contribution in [0.5, 0.6) is 0 Å². The summed E-state index contributed by atoms with van der Waals surface area (Å²) in [6.07, 6.45) is 1.11. The quantitative estimate of drug-likeness (QED) is 0.761. The number of halogens is 1.